The Hall–Kier alpha value is -2.53. The minimum Gasteiger partial charge on any atom is -0.497 e. The number of nitrogens with one attached hydrogen (secondary N) is 1. The number of methoxy groups -OCH3 is 2. The lowest BCUT2D eigenvalue weighted by Crippen LogP contribution is -2.29. The Morgan fingerprint density at radius 2 is 1.68 bits per heavy atom. The molecule has 1 N–H and O–H groups in total. The van der Waals surface area contributed by atoms with Crippen molar-refractivity contribution in [2.45, 2.75) is 38.8 Å². The lowest BCUT2D eigenvalue weighted by atomic mass is 10.1. The van der Waals surface area contributed by atoms with Crippen LogP contribution >= 0.6 is 0 Å². The van der Waals surface area contributed by atoms with E-state index in [1.165, 1.54) is 37.9 Å². The lowest BCUT2D eigenvalue weighted by molar-refractivity contribution is -0.120. The zero-order chi connectivity index (χ0) is 19.8. The van der Waals surface area contributed by atoms with E-state index in [1.54, 1.807) is 14.2 Å². The average Bonchev–Trinajstić information content (AvgIpc) is 2.74. The number of carbonyl (C=O) groups excluding carboxylic acids is 1. The van der Waals surface area contributed by atoms with Crippen molar-refractivity contribution in [1.82, 2.24) is 10.2 Å². The molecule has 0 atom stereocenters. The van der Waals surface area contributed by atoms with Crippen LogP contribution in [0, 0.1) is 0 Å². The van der Waals surface area contributed by atoms with E-state index in [4.69, 9.17) is 9.47 Å². The molecule has 1 aliphatic rings. The fourth-order valence-electron chi connectivity index (χ4n) is 3.59. The number of likely N-dealkylation sites (tertiary alicyclic amines) is 1. The van der Waals surface area contributed by atoms with E-state index in [1.807, 2.05) is 18.2 Å². The third-order valence-electron chi connectivity index (χ3n) is 5.21. The van der Waals surface area contributed by atoms with Crippen molar-refractivity contribution in [1.29, 1.82) is 0 Å². The molecule has 0 saturated carbocycles. The lowest BCUT2D eigenvalue weighted by Gasteiger charge is -2.26. The Morgan fingerprint density at radius 1 is 0.964 bits per heavy atom. The van der Waals surface area contributed by atoms with Gasteiger partial charge >= 0.3 is 0 Å². The van der Waals surface area contributed by atoms with Crippen molar-refractivity contribution in [3.8, 4) is 11.5 Å². The molecule has 3 rings (SSSR count). The van der Waals surface area contributed by atoms with E-state index >= 15 is 0 Å². The normalized spacial score (nSPS) is 14.5. The summed E-state index contributed by atoms with van der Waals surface area (Å²) < 4.78 is 10.6. The monoisotopic (exact) mass is 382 g/mol. The molecule has 1 aliphatic heterocycles. The maximum Gasteiger partial charge on any atom is 0.224 e. The molecule has 5 heteroatoms. The van der Waals surface area contributed by atoms with Gasteiger partial charge in [-0.15, -0.1) is 0 Å². The quantitative estimate of drug-likeness (QED) is 0.759. The molecule has 1 saturated heterocycles. The first-order valence-electron chi connectivity index (χ1n) is 9.95. The summed E-state index contributed by atoms with van der Waals surface area (Å²) in [4.78, 5) is 14.9. The summed E-state index contributed by atoms with van der Waals surface area (Å²) in [6.45, 7) is 3.94. The highest BCUT2D eigenvalue weighted by Gasteiger charge is 2.12. The Kier molecular flexibility index (Phi) is 7.31. The highest BCUT2D eigenvalue weighted by atomic mass is 16.5. The van der Waals surface area contributed by atoms with Crippen LogP contribution in [0.4, 0.5) is 0 Å². The van der Waals surface area contributed by atoms with Crippen LogP contribution < -0.4 is 14.8 Å². The molecule has 0 bridgehead atoms. The SMILES string of the molecule is COc1ccc(OC)c(CC(=O)NCc2ccc(CN3CCCCC3)cc2)c1. The number of ether oxygens (including phenoxy) is 2. The highest BCUT2D eigenvalue weighted by Crippen LogP contribution is 2.24. The Morgan fingerprint density at radius 3 is 2.36 bits per heavy atom. The molecule has 1 heterocycles. The van der Waals surface area contributed by atoms with Crippen molar-refractivity contribution >= 4 is 5.91 Å². The largest absolute Gasteiger partial charge is 0.497 e. The molecule has 0 radical (unpaired) electrons. The number of nitrogens with zero attached hydrogens (tertiary/aromatic N) is 1. The van der Waals surface area contributed by atoms with Gasteiger partial charge in [-0.05, 0) is 55.3 Å². The zero-order valence-corrected chi connectivity index (χ0v) is 16.9. The predicted octanol–water partition coefficient (Wildman–Crippen LogP) is 3.55. The number of hydrogen-bond donors (Lipinski definition) is 1. The second kappa shape index (κ2) is 10.1. The minimum absolute atomic E-state index is 0.0380. The number of rotatable bonds is 8. The van der Waals surface area contributed by atoms with Crippen LogP contribution in [0.3, 0.4) is 0 Å². The van der Waals surface area contributed by atoms with Crippen molar-refractivity contribution in [3.63, 3.8) is 0 Å². The van der Waals surface area contributed by atoms with E-state index in [9.17, 15) is 4.79 Å². The van der Waals surface area contributed by atoms with E-state index in [0.717, 1.165) is 17.7 Å². The second-order valence-corrected chi connectivity index (χ2v) is 7.28. The highest BCUT2D eigenvalue weighted by molar-refractivity contribution is 5.79. The summed E-state index contributed by atoms with van der Waals surface area (Å²) in [5, 5.41) is 2.99. The van der Waals surface area contributed by atoms with Gasteiger partial charge in [-0.2, -0.15) is 0 Å². The van der Waals surface area contributed by atoms with Crippen LogP contribution in [0.15, 0.2) is 42.5 Å². The summed E-state index contributed by atoms with van der Waals surface area (Å²) in [5.41, 5.74) is 3.25. The first kappa shape index (κ1) is 20.2. The second-order valence-electron chi connectivity index (χ2n) is 7.28. The summed E-state index contributed by atoms with van der Waals surface area (Å²) in [6, 6.07) is 14.0. The molecule has 1 fully saturated rings. The number of hydrogen-bond acceptors (Lipinski definition) is 4. The predicted molar refractivity (Wildman–Crippen MR) is 111 cm³/mol. The summed E-state index contributed by atoms with van der Waals surface area (Å²) in [5.74, 6) is 1.37. The van der Waals surface area contributed by atoms with Gasteiger partial charge in [0.15, 0.2) is 0 Å². The van der Waals surface area contributed by atoms with Crippen molar-refractivity contribution in [3.05, 3.63) is 59.2 Å². The zero-order valence-electron chi connectivity index (χ0n) is 16.9. The molecule has 150 valence electrons. The van der Waals surface area contributed by atoms with E-state index in [0.29, 0.717) is 18.0 Å². The maximum absolute atomic E-state index is 12.4. The van der Waals surface area contributed by atoms with Crippen molar-refractivity contribution in [2.75, 3.05) is 27.3 Å². The van der Waals surface area contributed by atoms with Crippen LogP contribution in [0.25, 0.3) is 0 Å². The van der Waals surface area contributed by atoms with E-state index < -0.39 is 0 Å². The fourth-order valence-corrected chi connectivity index (χ4v) is 3.59. The van der Waals surface area contributed by atoms with Gasteiger partial charge in [0, 0.05) is 18.7 Å². The van der Waals surface area contributed by atoms with E-state index in [-0.39, 0.29) is 12.3 Å². The maximum atomic E-state index is 12.4. The summed E-state index contributed by atoms with van der Waals surface area (Å²) >= 11 is 0. The molecule has 5 nitrogen and oxygen atoms in total. The van der Waals surface area contributed by atoms with Crippen LogP contribution in [-0.2, 0) is 24.3 Å². The number of benzene rings is 2. The molecular formula is C23H30N2O3. The van der Waals surface area contributed by atoms with Gasteiger partial charge in [-0.25, -0.2) is 0 Å². The number of piperidine rings is 1. The molecule has 0 unspecified atom stereocenters. The van der Waals surface area contributed by atoms with E-state index in [2.05, 4.69) is 34.5 Å². The van der Waals surface area contributed by atoms with Gasteiger partial charge in [0.25, 0.3) is 0 Å². The standard InChI is InChI=1S/C23H30N2O3/c1-27-21-10-11-22(28-2)20(14-21)15-23(26)24-16-18-6-8-19(9-7-18)17-25-12-4-3-5-13-25/h6-11,14H,3-5,12-13,15-17H2,1-2H3,(H,24,26). The summed E-state index contributed by atoms with van der Waals surface area (Å²) in [6.07, 6.45) is 4.23. The molecule has 0 spiro atoms. The van der Waals surface area contributed by atoms with Crippen LogP contribution in [-0.4, -0.2) is 38.1 Å². The molecule has 2 aromatic carbocycles. The molecular weight excluding hydrogens is 352 g/mol. The number of carbonyl (C=O) groups is 1. The van der Waals surface area contributed by atoms with Gasteiger partial charge in [0.1, 0.15) is 11.5 Å². The fraction of sp³-hybridized carbons (Fsp3) is 0.435. The van der Waals surface area contributed by atoms with Gasteiger partial charge in [0.2, 0.25) is 5.91 Å². The third-order valence-corrected chi connectivity index (χ3v) is 5.21. The molecule has 1 amide bonds. The smallest absolute Gasteiger partial charge is 0.224 e. The van der Waals surface area contributed by atoms with Gasteiger partial charge in [-0.3, -0.25) is 9.69 Å². The first-order valence-corrected chi connectivity index (χ1v) is 9.95. The first-order chi connectivity index (χ1) is 13.7. The van der Waals surface area contributed by atoms with Crippen LogP contribution in [0.2, 0.25) is 0 Å². The van der Waals surface area contributed by atoms with Crippen molar-refractivity contribution in [2.24, 2.45) is 0 Å². The third kappa shape index (κ3) is 5.73. The molecule has 0 aromatic heterocycles. The Bertz CT molecular complexity index is 768. The average molecular weight is 383 g/mol. The topological polar surface area (TPSA) is 50.8 Å². The number of amides is 1. The minimum atomic E-state index is -0.0380. The summed E-state index contributed by atoms with van der Waals surface area (Å²) in [7, 11) is 3.22. The van der Waals surface area contributed by atoms with Gasteiger partial charge < -0.3 is 14.8 Å². The van der Waals surface area contributed by atoms with Crippen molar-refractivity contribution < 1.29 is 14.3 Å². The van der Waals surface area contributed by atoms with Gasteiger partial charge in [-0.1, -0.05) is 30.7 Å². The Labute approximate surface area is 167 Å². The Balaban J connectivity index is 1.50. The molecule has 0 aliphatic carbocycles. The van der Waals surface area contributed by atoms with Gasteiger partial charge in [0.05, 0.1) is 20.6 Å². The molecule has 2 aromatic rings. The van der Waals surface area contributed by atoms with Crippen LogP contribution in [0.1, 0.15) is 36.0 Å². The molecule has 28 heavy (non-hydrogen) atoms. The van der Waals surface area contributed by atoms with Crippen LogP contribution in [0.5, 0.6) is 11.5 Å².